The zero-order chi connectivity index (χ0) is 28.4. The van der Waals surface area contributed by atoms with Gasteiger partial charge >= 0.3 is 23.9 Å². The maximum absolute atomic E-state index is 13.0. The molecule has 0 aromatic rings. The van der Waals surface area contributed by atoms with Crippen molar-refractivity contribution < 1.29 is 42.9 Å². The second-order valence-corrected chi connectivity index (χ2v) is 14.1. The highest BCUT2D eigenvalue weighted by atomic mass is 79.9. The number of esters is 4. The molecule has 0 spiro atoms. The summed E-state index contributed by atoms with van der Waals surface area (Å²) in [4.78, 5) is 51.1. The molecule has 1 unspecified atom stereocenters. The van der Waals surface area contributed by atoms with E-state index in [1.807, 2.05) is 0 Å². The van der Waals surface area contributed by atoms with Gasteiger partial charge in [-0.2, -0.15) is 0 Å². The van der Waals surface area contributed by atoms with Crippen molar-refractivity contribution in [3.05, 3.63) is 0 Å². The Bertz CT molecular complexity index is 824. The third-order valence-corrected chi connectivity index (χ3v) is 5.87. The number of hydrogen-bond acceptors (Lipinski definition) is 9. The van der Waals surface area contributed by atoms with Gasteiger partial charge < -0.3 is 23.7 Å². The van der Waals surface area contributed by atoms with E-state index in [2.05, 4.69) is 15.9 Å². The van der Waals surface area contributed by atoms with E-state index in [0.717, 1.165) is 0 Å². The van der Waals surface area contributed by atoms with Crippen LogP contribution in [0.2, 0.25) is 0 Å². The summed E-state index contributed by atoms with van der Waals surface area (Å²) in [6, 6.07) is 0. The topological polar surface area (TPSA) is 114 Å². The van der Waals surface area contributed by atoms with Crippen molar-refractivity contribution in [2.45, 2.75) is 113 Å². The molecule has 1 saturated heterocycles. The van der Waals surface area contributed by atoms with Gasteiger partial charge in [0, 0.05) is 0 Å². The van der Waals surface area contributed by atoms with Crippen LogP contribution in [0.3, 0.4) is 0 Å². The number of carbonyl (C=O) groups is 4. The Morgan fingerprint density at radius 3 is 1.28 bits per heavy atom. The smallest absolute Gasteiger partial charge is 0.311 e. The highest BCUT2D eigenvalue weighted by Crippen LogP contribution is 2.35. The molecule has 0 amide bonds. The average molecular weight is 580 g/mol. The molecule has 0 aromatic carbocycles. The summed E-state index contributed by atoms with van der Waals surface area (Å²) in [5, 5.41) is -0.940. The van der Waals surface area contributed by atoms with E-state index >= 15 is 0 Å². The van der Waals surface area contributed by atoms with Gasteiger partial charge in [0.2, 0.25) is 0 Å². The second kappa shape index (κ2) is 11.4. The Balaban J connectivity index is 3.50. The van der Waals surface area contributed by atoms with Gasteiger partial charge in [0.15, 0.2) is 23.3 Å². The molecule has 10 heteroatoms. The maximum atomic E-state index is 13.0. The Labute approximate surface area is 223 Å². The summed E-state index contributed by atoms with van der Waals surface area (Å²) < 4.78 is 28.8. The maximum Gasteiger partial charge on any atom is 0.311 e. The van der Waals surface area contributed by atoms with Gasteiger partial charge in [-0.1, -0.05) is 15.9 Å². The number of hydrogen-bond donors (Lipinski definition) is 0. The van der Waals surface area contributed by atoms with Crippen molar-refractivity contribution >= 4 is 39.8 Å². The largest absolute Gasteiger partial charge is 0.462 e. The van der Waals surface area contributed by atoms with Gasteiger partial charge in [-0.05, 0) is 83.1 Å². The lowest BCUT2D eigenvalue weighted by Crippen LogP contribution is -2.62. The fourth-order valence-corrected chi connectivity index (χ4v) is 3.36. The standard InChI is InChI=1S/C26H43BrO9/c1-23(2,3)19(28)32-13-14-15(34-20(29)24(4,5)6)16(35-21(30)25(7,8)9)17(18(27)33-14)36-22(31)26(10,11)12/h14-18H,13H2,1-12H3/t14-,15-,16+,17+,18?/m1/s1. The zero-order valence-electron chi connectivity index (χ0n) is 23.6. The summed E-state index contributed by atoms with van der Waals surface area (Å²) in [6.07, 6.45) is -4.60. The minimum atomic E-state index is -1.23. The van der Waals surface area contributed by atoms with Crippen LogP contribution >= 0.6 is 15.9 Å². The van der Waals surface area contributed by atoms with Crippen molar-refractivity contribution in [2.24, 2.45) is 21.7 Å². The first kappa shape index (κ1) is 32.3. The lowest BCUT2D eigenvalue weighted by molar-refractivity contribution is -0.245. The van der Waals surface area contributed by atoms with E-state index in [9.17, 15) is 19.2 Å². The normalized spacial score (nSPS) is 25.5. The fraction of sp³-hybridized carbons (Fsp3) is 0.846. The minimum Gasteiger partial charge on any atom is -0.462 e. The second-order valence-electron chi connectivity index (χ2n) is 13.2. The van der Waals surface area contributed by atoms with Crippen LogP contribution in [0.25, 0.3) is 0 Å². The molecule has 1 aliphatic heterocycles. The minimum absolute atomic E-state index is 0.274. The molecule has 0 saturated carbocycles. The predicted octanol–water partition coefficient (Wildman–Crippen LogP) is 4.57. The van der Waals surface area contributed by atoms with Crippen LogP contribution in [0.15, 0.2) is 0 Å². The lowest BCUT2D eigenvalue weighted by atomic mass is 9.93. The van der Waals surface area contributed by atoms with Gasteiger partial charge in [0.1, 0.15) is 12.7 Å². The Morgan fingerprint density at radius 2 is 0.917 bits per heavy atom. The van der Waals surface area contributed by atoms with Crippen molar-refractivity contribution in [2.75, 3.05) is 6.61 Å². The van der Waals surface area contributed by atoms with Crippen LogP contribution in [-0.4, -0.2) is 59.9 Å². The number of carbonyl (C=O) groups excluding carboxylic acids is 4. The molecule has 0 N–H and O–H groups in total. The Hall–Kier alpha value is -1.68. The first-order chi connectivity index (χ1) is 16.0. The molecule has 1 rings (SSSR count). The van der Waals surface area contributed by atoms with Crippen molar-refractivity contribution in [3.8, 4) is 0 Å². The van der Waals surface area contributed by atoms with E-state index in [-0.39, 0.29) is 6.61 Å². The summed E-state index contributed by atoms with van der Waals surface area (Å²) in [6.45, 7) is 19.9. The Morgan fingerprint density at radius 1 is 0.583 bits per heavy atom. The lowest BCUT2D eigenvalue weighted by Gasteiger charge is -2.44. The van der Waals surface area contributed by atoms with Gasteiger partial charge in [0.25, 0.3) is 0 Å². The molecule has 1 aliphatic rings. The molecule has 1 fully saturated rings. The van der Waals surface area contributed by atoms with E-state index < -0.39 is 75.0 Å². The van der Waals surface area contributed by atoms with E-state index in [4.69, 9.17) is 23.7 Å². The zero-order valence-corrected chi connectivity index (χ0v) is 25.2. The van der Waals surface area contributed by atoms with Gasteiger partial charge in [-0.3, -0.25) is 19.2 Å². The summed E-state index contributed by atoms with van der Waals surface area (Å²) in [7, 11) is 0. The molecule has 1 heterocycles. The summed E-state index contributed by atoms with van der Waals surface area (Å²) >= 11 is 3.38. The average Bonchev–Trinajstić information content (AvgIpc) is 2.67. The number of alkyl halides is 1. The molecule has 208 valence electrons. The van der Waals surface area contributed by atoms with E-state index in [1.54, 1.807) is 83.1 Å². The highest BCUT2D eigenvalue weighted by Gasteiger charge is 2.53. The monoisotopic (exact) mass is 578 g/mol. The van der Waals surface area contributed by atoms with Crippen LogP contribution in [0.4, 0.5) is 0 Å². The first-order valence-electron chi connectivity index (χ1n) is 12.1. The fourth-order valence-electron chi connectivity index (χ4n) is 2.68. The number of halogens is 1. The van der Waals surface area contributed by atoms with E-state index in [0.29, 0.717) is 0 Å². The molecule has 0 bridgehead atoms. The summed E-state index contributed by atoms with van der Waals surface area (Å²) in [5.41, 5.74) is -3.43. The molecule has 0 aromatic heterocycles. The molecule has 9 nitrogen and oxygen atoms in total. The van der Waals surface area contributed by atoms with E-state index in [1.165, 1.54) is 0 Å². The number of rotatable bonds is 5. The third-order valence-electron chi connectivity index (χ3n) is 5.13. The highest BCUT2D eigenvalue weighted by molar-refractivity contribution is 9.09. The molecule has 0 aliphatic carbocycles. The molecule has 0 radical (unpaired) electrons. The SMILES string of the molecule is CC(C)(C)C(=O)OC[C@H]1OC(Br)[C@@H](OC(=O)C(C)(C)C)[C@@H](OC(=O)C(C)(C)C)[C@@H]1OC(=O)C(C)(C)C. The van der Waals surface area contributed by atoms with Crippen LogP contribution in [0.5, 0.6) is 0 Å². The first-order valence-corrected chi connectivity index (χ1v) is 13.0. The van der Waals surface area contributed by atoms with Crippen molar-refractivity contribution in [1.82, 2.24) is 0 Å². The molecule has 5 atom stereocenters. The van der Waals surface area contributed by atoms with Crippen LogP contribution in [0.1, 0.15) is 83.1 Å². The van der Waals surface area contributed by atoms with Gasteiger partial charge in [-0.15, -0.1) is 0 Å². The van der Waals surface area contributed by atoms with Crippen LogP contribution in [-0.2, 0) is 42.9 Å². The predicted molar refractivity (Wildman–Crippen MR) is 136 cm³/mol. The van der Waals surface area contributed by atoms with Crippen molar-refractivity contribution in [3.63, 3.8) is 0 Å². The van der Waals surface area contributed by atoms with Crippen LogP contribution in [0, 0.1) is 21.7 Å². The molecular weight excluding hydrogens is 536 g/mol. The number of ether oxygens (including phenoxy) is 5. The summed E-state index contributed by atoms with van der Waals surface area (Å²) in [5.74, 6) is -2.22. The Kier molecular flexibility index (Phi) is 10.2. The third kappa shape index (κ3) is 9.01. The van der Waals surface area contributed by atoms with Gasteiger partial charge in [-0.25, -0.2) is 0 Å². The van der Waals surface area contributed by atoms with Crippen molar-refractivity contribution in [1.29, 1.82) is 0 Å². The van der Waals surface area contributed by atoms with Crippen LogP contribution < -0.4 is 0 Å². The van der Waals surface area contributed by atoms with Gasteiger partial charge in [0.05, 0.1) is 21.7 Å². The molecular formula is C26H43BrO9. The molecule has 36 heavy (non-hydrogen) atoms. The quantitative estimate of drug-likeness (QED) is 0.263.